The second-order valence-electron chi connectivity index (χ2n) is 5.98. The van der Waals surface area contributed by atoms with E-state index in [0.29, 0.717) is 19.6 Å². The zero-order valence-electron chi connectivity index (χ0n) is 12.4. The number of hydrogen-bond acceptors (Lipinski definition) is 4. The molecule has 1 amide bonds. The predicted octanol–water partition coefficient (Wildman–Crippen LogP) is 2.18. The van der Waals surface area contributed by atoms with E-state index in [1.54, 1.807) is 4.90 Å². The Morgan fingerprint density at radius 3 is 2.74 bits per heavy atom. The number of rotatable bonds is 5. The lowest BCUT2D eigenvalue weighted by Crippen LogP contribution is -2.48. The third-order valence-corrected chi connectivity index (χ3v) is 3.01. The Hall–Kier alpha value is -0.810. The van der Waals surface area contributed by atoms with E-state index in [-0.39, 0.29) is 18.7 Å². The van der Waals surface area contributed by atoms with Crippen LogP contribution in [0.15, 0.2) is 0 Å². The summed E-state index contributed by atoms with van der Waals surface area (Å²) in [7, 11) is 0. The van der Waals surface area contributed by atoms with Crippen LogP contribution in [0.1, 0.15) is 46.5 Å². The van der Waals surface area contributed by atoms with Gasteiger partial charge in [-0.25, -0.2) is 4.79 Å². The fourth-order valence-corrected chi connectivity index (χ4v) is 2.12. The molecule has 0 aromatic heterocycles. The van der Waals surface area contributed by atoms with Crippen LogP contribution in [0.4, 0.5) is 4.79 Å². The molecule has 0 aliphatic carbocycles. The SMILES string of the molecule is CC(C)(C)OC(=O)N1CCCCC1COCCCO. The normalized spacial score (nSPS) is 20.4. The quantitative estimate of drug-likeness (QED) is 0.780. The van der Waals surface area contributed by atoms with E-state index in [0.717, 1.165) is 25.8 Å². The van der Waals surface area contributed by atoms with Crippen LogP contribution in [0.3, 0.4) is 0 Å². The van der Waals surface area contributed by atoms with Crippen LogP contribution in [-0.2, 0) is 9.47 Å². The van der Waals surface area contributed by atoms with E-state index in [2.05, 4.69) is 0 Å². The second-order valence-corrected chi connectivity index (χ2v) is 5.98. The fraction of sp³-hybridized carbons (Fsp3) is 0.929. The largest absolute Gasteiger partial charge is 0.444 e. The number of carbonyl (C=O) groups is 1. The van der Waals surface area contributed by atoms with Crippen LogP contribution in [0, 0.1) is 0 Å². The van der Waals surface area contributed by atoms with Gasteiger partial charge in [-0.05, 0) is 46.5 Å². The minimum Gasteiger partial charge on any atom is -0.444 e. The van der Waals surface area contributed by atoms with Gasteiger partial charge in [0.1, 0.15) is 5.60 Å². The highest BCUT2D eigenvalue weighted by Crippen LogP contribution is 2.20. The molecule has 1 fully saturated rings. The van der Waals surface area contributed by atoms with E-state index in [9.17, 15) is 4.79 Å². The van der Waals surface area contributed by atoms with E-state index in [1.807, 2.05) is 20.8 Å². The number of carbonyl (C=O) groups excluding carboxylic acids is 1. The summed E-state index contributed by atoms with van der Waals surface area (Å²) in [6.07, 6.45) is 3.49. The third-order valence-electron chi connectivity index (χ3n) is 3.01. The van der Waals surface area contributed by atoms with E-state index in [4.69, 9.17) is 14.6 Å². The lowest BCUT2D eigenvalue weighted by atomic mass is 10.0. The molecule has 0 bridgehead atoms. The number of amides is 1. The summed E-state index contributed by atoms with van der Waals surface area (Å²) in [6, 6.07) is 0.0993. The lowest BCUT2D eigenvalue weighted by molar-refractivity contribution is -0.00887. The molecule has 0 aromatic carbocycles. The zero-order chi connectivity index (χ0) is 14.3. The van der Waals surface area contributed by atoms with Gasteiger partial charge in [0.2, 0.25) is 0 Å². The third kappa shape index (κ3) is 6.25. The molecule has 1 unspecified atom stereocenters. The minimum atomic E-state index is -0.461. The number of aliphatic hydroxyl groups excluding tert-OH is 1. The Kier molecular flexibility index (Phi) is 6.58. The number of nitrogens with zero attached hydrogens (tertiary/aromatic N) is 1. The van der Waals surface area contributed by atoms with Crippen LogP contribution in [0.25, 0.3) is 0 Å². The average Bonchev–Trinajstić information content (AvgIpc) is 2.33. The van der Waals surface area contributed by atoms with Crippen LogP contribution >= 0.6 is 0 Å². The molecular weight excluding hydrogens is 246 g/mol. The van der Waals surface area contributed by atoms with E-state index >= 15 is 0 Å². The highest BCUT2D eigenvalue weighted by Gasteiger charge is 2.30. The molecule has 1 heterocycles. The molecule has 0 radical (unpaired) electrons. The molecule has 1 aliphatic rings. The van der Waals surface area contributed by atoms with Crippen LogP contribution < -0.4 is 0 Å². The van der Waals surface area contributed by atoms with Crippen molar-refractivity contribution in [2.45, 2.75) is 58.1 Å². The Labute approximate surface area is 115 Å². The maximum Gasteiger partial charge on any atom is 0.410 e. The van der Waals surface area contributed by atoms with Gasteiger partial charge in [-0.3, -0.25) is 0 Å². The monoisotopic (exact) mass is 273 g/mol. The van der Waals surface area contributed by atoms with Crippen molar-refractivity contribution < 1.29 is 19.4 Å². The van der Waals surface area contributed by atoms with Gasteiger partial charge in [0.15, 0.2) is 0 Å². The van der Waals surface area contributed by atoms with Gasteiger partial charge >= 0.3 is 6.09 Å². The molecule has 0 spiro atoms. The van der Waals surface area contributed by atoms with Gasteiger partial charge in [-0.15, -0.1) is 0 Å². The fourth-order valence-electron chi connectivity index (χ4n) is 2.12. The smallest absolute Gasteiger partial charge is 0.410 e. The molecule has 5 heteroatoms. The lowest BCUT2D eigenvalue weighted by Gasteiger charge is -2.36. The summed E-state index contributed by atoms with van der Waals surface area (Å²) >= 11 is 0. The van der Waals surface area contributed by atoms with Gasteiger partial charge in [-0.2, -0.15) is 0 Å². The summed E-state index contributed by atoms with van der Waals surface area (Å²) in [5.41, 5.74) is -0.461. The van der Waals surface area contributed by atoms with Crippen molar-refractivity contribution in [3.8, 4) is 0 Å². The van der Waals surface area contributed by atoms with Crippen molar-refractivity contribution in [1.82, 2.24) is 4.90 Å². The van der Waals surface area contributed by atoms with Crippen molar-refractivity contribution in [2.75, 3.05) is 26.4 Å². The summed E-state index contributed by atoms with van der Waals surface area (Å²) in [4.78, 5) is 13.9. The molecule has 1 saturated heterocycles. The van der Waals surface area contributed by atoms with Gasteiger partial charge in [0, 0.05) is 19.8 Å². The Bertz CT molecular complexity index is 275. The number of likely N-dealkylation sites (tertiary alicyclic amines) is 1. The van der Waals surface area contributed by atoms with E-state index < -0.39 is 5.60 Å². The van der Waals surface area contributed by atoms with E-state index in [1.165, 1.54) is 0 Å². The van der Waals surface area contributed by atoms with Gasteiger partial charge in [0.25, 0.3) is 0 Å². The maximum absolute atomic E-state index is 12.1. The number of aliphatic hydroxyl groups is 1. The summed E-state index contributed by atoms with van der Waals surface area (Å²) in [6.45, 7) is 7.57. The molecular formula is C14H27NO4. The standard InChI is InChI=1S/C14H27NO4/c1-14(2,3)19-13(17)15-8-5-4-7-12(15)11-18-10-6-9-16/h12,16H,4-11H2,1-3H3. The first kappa shape index (κ1) is 16.2. The molecule has 1 N–H and O–H groups in total. The molecule has 1 rings (SSSR count). The molecule has 0 saturated carbocycles. The molecule has 1 atom stereocenters. The molecule has 1 aliphatic heterocycles. The van der Waals surface area contributed by atoms with Crippen molar-refractivity contribution in [3.63, 3.8) is 0 Å². The van der Waals surface area contributed by atoms with Crippen LogP contribution in [0.2, 0.25) is 0 Å². The summed E-state index contributed by atoms with van der Waals surface area (Å²) in [5, 5.41) is 8.71. The zero-order valence-corrected chi connectivity index (χ0v) is 12.4. The Morgan fingerprint density at radius 1 is 1.37 bits per heavy atom. The van der Waals surface area contributed by atoms with Crippen molar-refractivity contribution in [2.24, 2.45) is 0 Å². The highest BCUT2D eigenvalue weighted by molar-refractivity contribution is 5.68. The topological polar surface area (TPSA) is 59.0 Å². The summed E-state index contributed by atoms with van der Waals surface area (Å²) < 4.78 is 10.9. The second kappa shape index (κ2) is 7.70. The molecule has 5 nitrogen and oxygen atoms in total. The van der Waals surface area contributed by atoms with Crippen LogP contribution in [-0.4, -0.2) is 54.1 Å². The number of piperidine rings is 1. The first-order valence-electron chi connectivity index (χ1n) is 7.12. The minimum absolute atomic E-state index is 0.0993. The van der Waals surface area contributed by atoms with Gasteiger partial charge in [-0.1, -0.05) is 0 Å². The average molecular weight is 273 g/mol. The van der Waals surface area contributed by atoms with Gasteiger partial charge in [0.05, 0.1) is 12.6 Å². The Balaban J connectivity index is 2.45. The first-order valence-corrected chi connectivity index (χ1v) is 7.12. The Morgan fingerprint density at radius 2 is 2.11 bits per heavy atom. The molecule has 112 valence electrons. The number of hydrogen-bond donors (Lipinski definition) is 1. The van der Waals surface area contributed by atoms with Crippen molar-refractivity contribution in [3.05, 3.63) is 0 Å². The molecule has 19 heavy (non-hydrogen) atoms. The predicted molar refractivity (Wildman–Crippen MR) is 73.1 cm³/mol. The molecule has 0 aromatic rings. The maximum atomic E-state index is 12.1. The highest BCUT2D eigenvalue weighted by atomic mass is 16.6. The van der Waals surface area contributed by atoms with Crippen molar-refractivity contribution >= 4 is 6.09 Å². The van der Waals surface area contributed by atoms with Gasteiger partial charge < -0.3 is 19.5 Å². The number of ether oxygens (including phenoxy) is 2. The summed E-state index contributed by atoms with van der Waals surface area (Å²) in [5.74, 6) is 0. The van der Waals surface area contributed by atoms with Crippen molar-refractivity contribution in [1.29, 1.82) is 0 Å². The first-order chi connectivity index (χ1) is 8.94. The van der Waals surface area contributed by atoms with Crippen LogP contribution in [0.5, 0.6) is 0 Å².